The Morgan fingerprint density at radius 3 is 2.46 bits per heavy atom. The largest absolute Gasteiger partial charge is 0.493 e. The second-order valence-electron chi connectivity index (χ2n) is 5.35. The highest BCUT2D eigenvalue weighted by Gasteiger charge is 2.13. The molecule has 0 spiro atoms. The molecule has 0 radical (unpaired) electrons. The van der Waals surface area contributed by atoms with Gasteiger partial charge in [0.1, 0.15) is 0 Å². The van der Waals surface area contributed by atoms with Crippen LogP contribution in [0.5, 0.6) is 11.5 Å². The molecule has 1 aromatic heterocycles. The van der Waals surface area contributed by atoms with E-state index in [9.17, 15) is 9.90 Å². The van der Waals surface area contributed by atoms with Crippen molar-refractivity contribution in [1.82, 2.24) is 9.55 Å². The number of hydrogen-bond acceptors (Lipinski definition) is 5. The van der Waals surface area contributed by atoms with Gasteiger partial charge in [-0.3, -0.25) is 9.36 Å². The smallest absolute Gasteiger partial charge is 0.261 e. The molecule has 0 amide bonds. The van der Waals surface area contributed by atoms with Crippen molar-refractivity contribution in [2.45, 2.75) is 12.6 Å². The molecule has 1 atom stereocenters. The molecule has 0 unspecified atom stereocenters. The van der Waals surface area contributed by atoms with Gasteiger partial charge in [0.25, 0.3) is 5.56 Å². The van der Waals surface area contributed by atoms with Gasteiger partial charge in [0.2, 0.25) is 0 Å². The normalized spacial score (nSPS) is 12.1. The van der Waals surface area contributed by atoms with Gasteiger partial charge < -0.3 is 14.6 Å². The molecule has 0 saturated heterocycles. The van der Waals surface area contributed by atoms with E-state index in [1.54, 1.807) is 12.1 Å². The SMILES string of the molecule is COc1cc2ncn(C[C@@H](O)c3ccccc3)c(=O)c2cc1OC. The second-order valence-corrected chi connectivity index (χ2v) is 5.35. The molecule has 0 saturated carbocycles. The van der Waals surface area contributed by atoms with Crippen LogP contribution in [0.25, 0.3) is 10.9 Å². The van der Waals surface area contributed by atoms with E-state index in [4.69, 9.17) is 9.47 Å². The first-order chi connectivity index (χ1) is 11.6. The number of nitrogens with zero attached hydrogens (tertiary/aromatic N) is 2. The number of methoxy groups -OCH3 is 2. The van der Waals surface area contributed by atoms with E-state index < -0.39 is 6.10 Å². The predicted octanol–water partition coefficient (Wildman–Crippen LogP) is 2.15. The molecule has 0 aliphatic carbocycles. The van der Waals surface area contributed by atoms with Crippen LogP contribution in [-0.2, 0) is 6.54 Å². The Hall–Kier alpha value is -2.86. The van der Waals surface area contributed by atoms with Crippen molar-refractivity contribution in [2.24, 2.45) is 0 Å². The summed E-state index contributed by atoms with van der Waals surface area (Å²) < 4.78 is 11.9. The fraction of sp³-hybridized carbons (Fsp3) is 0.222. The maximum Gasteiger partial charge on any atom is 0.261 e. The van der Waals surface area contributed by atoms with Gasteiger partial charge in [-0.1, -0.05) is 30.3 Å². The van der Waals surface area contributed by atoms with Crippen molar-refractivity contribution in [3.8, 4) is 11.5 Å². The molecule has 1 N–H and O–H groups in total. The fourth-order valence-corrected chi connectivity index (χ4v) is 2.58. The van der Waals surface area contributed by atoms with Gasteiger partial charge in [0, 0.05) is 6.07 Å². The van der Waals surface area contributed by atoms with Crippen LogP contribution in [0.1, 0.15) is 11.7 Å². The Morgan fingerprint density at radius 1 is 1.12 bits per heavy atom. The van der Waals surface area contributed by atoms with E-state index in [0.717, 1.165) is 5.56 Å². The van der Waals surface area contributed by atoms with E-state index in [0.29, 0.717) is 22.4 Å². The molecule has 3 aromatic rings. The average molecular weight is 326 g/mol. The van der Waals surface area contributed by atoms with Gasteiger partial charge in [-0.15, -0.1) is 0 Å². The summed E-state index contributed by atoms with van der Waals surface area (Å²) in [4.78, 5) is 17.0. The van der Waals surface area contributed by atoms with Gasteiger partial charge >= 0.3 is 0 Å². The summed E-state index contributed by atoms with van der Waals surface area (Å²) in [5.41, 5.74) is 1.02. The highest BCUT2D eigenvalue weighted by Crippen LogP contribution is 2.29. The van der Waals surface area contributed by atoms with Crippen molar-refractivity contribution >= 4 is 10.9 Å². The zero-order chi connectivity index (χ0) is 17.1. The number of benzene rings is 2. The van der Waals surface area contributed by atoms with Gasteiger partial charge in [-0.2, -0.15) is 0 Å². The molecular weight excluding hydrogens is 308 g/mol. The quantitative estimate of drug-likeness (QED) is 0.778. The number of aliphatic hydroxyl groups is 1. The number of aromatic nitrogens is 2. The summed E-state index contributed by atoms with van der Waals surface area (Å²) in [6, 6.07) is 12.5. The monoisotopic (exact) mass is 326 g/mol. The van der Waals surface area contributed by atoms with Gasteiger partial charge in [-0.05, 0) is 11.6 Å². The Kier molecular flexibility index (Phi) is 4.48. The van der Waals surface area contributed by atoms with Gasteiger partial charge in [-0.25, -0.2) is 4.98 Å². The van der Waals surface area contributed by atoms with Crippen molar-refractivity contribution in [3.05, 3.63) is 64.7 Å². The maximum atomic E-state index is 12.7. The van der Waals surface area contributed by atoms with E-state index in [-0.39, 0.29) is 12.1 Å². The molecule has 6 nitrogen and oxygen atoms in total. The number of hydrogen-bond donors (Lipinski definition) is 1. The van der Waals surface area contributed by atoms with Crippen LogP contribution < -0.4 is 15.0 Å². The Labute approximate surface area is 138 Å². The van der Waals surface area contributed by atoms with E-state index in [2.05, 4.69) is 4.98 Å². The molecule has 3 rings (SSSR count). The molecule has 0 fully saturated rings. The molecule has 1 heterocycles. The zero-order valence-corrected chi connectivity index (χ0v) is 13.5. The first-order valence-electron chi connectivity index (χ1n) is 7.48. The van der Waals surface area contributed by atoms with E-state index in [1.807, 2.05) is 30.3 Å². The third kappa shape index (κ3) is 2.96. The molecule has 0 aliphatic heterocycles. The predicted molar refractivity (Wildman–Crippen MR) is 90.5 cm³/mol. The maximum absolute atomic E-state index is 12.7. The van der Waals surface area contributed by atoms with Crippen LogP contribution >= 0.6 is 0 Å². The number of aliphatic hydroxyl groups excluding tert-OH is 1. The lowest BCUT2D eigenvalue weighted by Gasteiger charge is -2.14. The van der Waals surface area contributed by atoms with Crippen LogP contribution in [-0.4, -0.2) is 28.9 Å². The molecule has 0 bridgehead atoms. The molecular formula is C18H18N2O4. The lowest BCUT2D eigenvalue weighted by atomic mass is 10.1. The third-order valence-corrected chi connectivity index (χ3v) is 3.88. The van der Waals surface area contributed by atoms with E-state index in [1.165, 1.54) is 25.1 Å². The van der Waals surface area contributed by atoms with Crippen molar-refractivity contribution in [3.63, 3.8) is 0 Å². The first kappa shape index (κ1) is 16.0. The fourth-order valence-electron chi connectivity index (χ4n) is 2.58. The zero-order valence-electron chi connectivity index (χ0n) is 13.5. The first-order valence-corrected chi connectivity index (χ1v) is 7.48. The summed E-state index contributed by atoms with van der Waals surface area (Å²) in [7, 11) is 3.04. The van der Waals surface area contributed by atoms with Crippen molar-refractivity contribution < 1.29 is 14.6 Å². The lowest BCUT2D eigenvalue weighted by molar-refractivity contribution is 0.155. The molecule has 2 aromatic carbocycles. The van der Waals surface area contributed by atoms with Crippen LogP contribution in [0.15, 0.2) is 53.6 Å². The van der Waals surface area contributed by atoms with Crippen LogP contribution in [0.2, 0.25) is 0 Å². The van der Waals surface area contributed by atoms with Crippen molar-refractivity contribution in [1.29, 1.82) is 0 Å². The van der Waals surface area contributed by atoms with Crippen LogP contribution in [0, 0.1) is 0 Å². The number of fused-ring (bicyclic) bond motifs is 1. The second kappa shape index (κ2) is 6.72. The average Bonchev–Trinajstić information content (AvgIpc) is 2.63. The molecule has 0 aliphatic rings. The van der Waals surface area contributed by atoms with Crippen molar-refractivity contribution in [2.75, 3.05) is 14.2 Å². The molecule has 24 heavy (non-hydrogen) atoms. The Balaban J connectivity index is 2.01. The summed E-state index contributed by atoms with van der Waals surface area (Å²) >= 11 is 0. The number of rotatable bonds is 5. The minimum Gasteiger partial charge on any atom is -0.493 e. The number of ether oxygens (including phenoxy) is 2. The summed E-state index contributed by atoms with van der Waals surface area (Å²) in [5.74, 6) is 0.976. The highest BCUT2D eigenvalue weighted by atomic mass is 16.5. The van der Waals surface area contributed by atoms with Gasteiger partial charge in [0.15, 0.2) is 11.5 Å². The Bertz CT molecular complexity index is 906. The lowest BCUT2D eigenvalue weighted by Crippen LogP contribution is -2.23. The molecule has 124 valence electrons. The van der Waals surface area contributed by atoms with Crippen LogP contribution in [0.4, 0.5) is 0 Å². The molecule has 6 heteroatoms. The van der Waals surface area contributed by atoms with E-state index >= 15 is 0 Å². The van der Waals surface area contributed by atoms with Gasteiger partial charge in [0.05, 0.1) is 44.1 Å². The Morgan fingerprint density at radius 2 is 1.79 bits per heavy atom. The highest BCUT2D eigenvalue weighted by molar-refractivity contribution is 5.81. The third-order valence-electron chi connectivity index (χ3n) is 3.88. The standard InChI is InChI=1S/C18H18N2O4/c1-23-16-8-13-14(9-17(16)24-2)19-11-20(18(13)22)10-15(21)12-6-4-3-5-7-12/h3-9,11,15,21H,10H2,1-2H3/t15-/m1/s1. The minimum atomic E-state index is -0.789. The summed E-state index contributed by atoms with van der Waals surface area (Å²) in [6.45, 7) is 0.125. The topological polar surface area (TPSA) is 73.6 Å². The summed E-state index contributed by atoms with van der Waals surface area (Å²) in [6.07, 6.45) is 0.645. The summed E-state index contributed by atoms with van der Waals surface area (Å²) in [5, 5.41) is 10.7. The van der Waals surface area contributed by atoms with Crippen LogP contribution in [0.3, 0.4) is 0 Å². The minimum absolute atomic E-state index is 0.125.